The quantitative estimate of drug-likeness (QED) is 0.621. The van der Waals surface area contributed by atoms with E-state index in [2.05, 4.69) is 40.2 Å². The van der Waals surface area contributed by atoms with E-state index in [4.69, 9.17) is 0 Å². The normalized spacial score (nSPS) is 24.8. The summed E-state index contributed by atoms with van der Waals surface area (Å²) in [5, 5.41) is 3.57. The summed E-state index contributed by atoms with van der Waals surface area (Å²) in [5.74, 6) is 1.90. The van der Waals surface area contributed by atoms with Crippen LogP contribution in [0.4, 0.5) is 0 Å². The summed E-state index contributed by atoms with van der Waals surface area (Å²) in [4.78, 5) is 9.62. The molecule has 2 rings (SSSR count). The van der Waals surface area contributed by atoms with Crippen molar-refractivity contribution in [3.63, 3.8) is 0 Å². The molecule has 0 bridgehead atoms. The maximum Gasteiger partial charge on any atom is 0.193 e. The molecule has 22 heavy (non-hydrogen) atoms. The van der Waals surface area contributed by atoms with Crippen molar-refractivity contribution in [2.24, 2.45) is 10.9 Å². The van der Waals surface area contributed by atoms with Gasteiger partial charge in [-0.15, -0.1) is 0 Å². The minimum atomic E-state index is 0.253. The van der Waals surface area contributed by atoms with Gasteiger partial charge in [-0.1, -0.05) is 6.42 Å². The zero-order valence-electron chi connectivity index (χ0n) is 14.9. The van der Waals surface area contributed by atoms with Crippen molar-refractivity contribution in [1.29, 1.82) is 0 Å². The molecular formula is C17H34N4S. The van der Waals surface area contributed by atoms with Gasteiger partial charge in [0.1, 0.15) is 0 Å². The van der Waals surface area contributed by atoms with Crippen molar-refractivity contribution in [3.8, 4) is 0 Å². The van der Waals surface area contributed by atoms with Crippen LogP contribution in [0.25, 0.3) is 0 Å². The fraction of sp³-hybridized carbons (Fsp3) is 0.941. The molecule has 128 valence electrons. The van der Waals surface area contributed by atoms with Crippen LogP contribution in [0.2, 0.25) is 0 Å². The van der Waals surface area contributed by atoms with Crippen molar-refractivity contribution in [1.82, 2.24) is 15.1 Å². The van der Waals surface area contributed by atoms with Gasteiger partial charge in [-0.3, -0.25) is 4.99 Å². The topological polar surface area (TPSA) is 30.9 Å². The second-order valence-corrected chi connectivity index (χ2v) is 8.84. The minimum absolute atomic E-state index is 0.253. The number of hydrogen-bond donors (Lipinski definition) is 1. The average molecular weight is 327 g/mol. The van der Waals surface area contributed by atoms with Crippen molar-refractivity contribution in [2.75, 3.05) is 52.6 Å². The standard InChI is InChI=1S/C17H34N4S/c1-17(2,22-4)14-19-16(18-3)21-11-8-15(13-21)12-20-9-6-5-7-10-20/h15H,5-14H2,1-4H3,(H,18,19). The van der Waals surface area contributed by atoms with Gasteiger partial charge < -0.3 is 15.1 Å². The predicted octanol–water partition coefficient (Wildman–Crippen LogP) is 2.51. The van der Waals surface area contributed by atoms with E-state index in [1.165, 1.54) is 45.3 Å². The van der Waals surface area contributed by atoms with E-state index in [0.29, 0.717) is 0 Å². The zero-order valence-corrected chi connectivity index (χ0v) is 15.7. The molecule has 1 atom stereocenters. The van der Waals surface area contributed by atoms with Gasteiger partial charge in [-0.25, -0.2) is 0 Å². The summed E-state index contributed by atoms with van der Waals surface area (Å²) in [5.41, 5.74) is 0. The molecule has 0 aliphatic carbocycles. The monoisotopic (exact) mass is 326 g/mol. The molecule has 4 nitrogen and oxygen atoms in total. The number of guanidine groups is 1. The van der Waals surface area contributed by atoms with Crippen molar-refractivity contribution < 1.29 is 0 Å². The molecule has 2 fully saturated rings. The van der Waals surface area contributed by atoms with Gasteiger partial charge in [0.05, 0.1) is 0 Å². The van der Waals surface area contributed by atoms with Gasteiger partial charge in [0, 0.05) is 38.0 Å². The maximum absolute atomic E-state index is 4.50. The molecule has 0 spiro atoms. The Balaban J connectivity index is 1.77. The van der Waals surface area contributed by atoms with Gasteiger partial charge in [0.25, 0.3) is 0 Å². The smallest absolute Gasteiger partial charge is 0.193 e. The fourth-order valence-corrected chi connectivity index (χ4v) is 3.59. The van der Waals surface area contributed by atoms with Crippen molar-refractivity contribution in [2.45, 2.75) is 44.3 Å². The number of nitrogens with zero attached hydrogens (tertiary/aromatic N) is 3. The van der Waals surface area contributed by atoms with Crippen LogP contribution >= 0.6 is 11.8 Å². The van der Waals surface area contributed by atoms with Gasteiger partial charge in [-0.2, -0.15) is 11.8 Å². The van der Waals surface area contributed by atoms with Crippen molar-refractivity contribution in [3.05, 3.63) is 0 Å². The van der Waals surface area contributed by atoms with E-state index < -0.39 is 0 Å². The first kappa shape index (κ1) is 17.9. The highest BCUT2D eigenvalue weighted by molar-refractivity contribution is 7.99. The molecular weight excluding hydrogens is 292 g/mol. The van der Waals surface area contributed by atoms with E-state index in [1.807, 2.05) is 18.8 Å². The highest BCUT2D eigenvalue weighted by Gasteiger charge is 2.27. The highest BCUT2D eigenvalue weighted by atomic mass is 32.2. The largest absolute Gasteiger partial charge is 0.355 e. The number of piperidine rings is 1. The van der Waals surface area contributed by atoms with Gasteiger partial charge in [-0.05, 0) is 58.4 Å². The molecule has 0 saturated carbocycles. The summed E-state index contributed by atoms with van der Waals surface area (Å²) >= 11 is 1.90. The van der Waals surface area contributed by atoms with Crippen LogP contribution in [0.3, 0.4) is 0 Å². The van der Waals surface area contributed by atoms with E-state index in [0.717, 1.165) is 31.5 Å². The zero-order chi connectivity index (χ0) is 16.0. The molecule has 2 aliphatic rings. The molecule has 5 heteroatoms. The Kier molecular flexibility index (Phi) is 6.87. The van der Waals surface area contributed by atoms with Crippen LogP contribution < -0.4 is 5.32 Å². The van der Waals surface area contributed by atoms with E-state index in [-0.39, 0.29) is 4.75 Å². The number of likely N-dealkylation sites (tertiary alicyclic amines) is 2. The predicted molar refractivity (Wildman–Crippen MR) is 98.9 cm³/mol. The van der Waals surface area contributed by atoms with E-state index >= 15 is 0 Å². The summed E-state index contributed by atoms with van der Waals surface area (Å²) in [6.45, 7) is 11.7. The van der Waals surface area contributed by atoms with Gasteiger partial charge in [0.15, 0.2) is 5.96 Å². The highest BCUT2D eigenvalue weighted by Crippen LogP contribution is 2.22. The number of hydrogen-bond acceptors (Lipinski definition) is 3. The Morgan fingerprint density at radius 3 is 2.59 bits per heavy atom. The summed E-state index contributed by atoms with van der Waals surface area (Å²) in [7, 11) is 1.91. The molecule has 2 heterocycles. The lowest BCUT2D eigenvalue weighted by Crippen LogP contribution is -2.45. The second kappa shape index (κ2) is 8.44. The van der Waals surface area contributed by atoms with E-state index in [9.17, 15) is 0 Å². The van der Waals surface area contributed by atoms with Gasteiger partial charge in [0.2, 0.25) is 0 Å². The molecule has 0 aromatic carbocycles. The van der Waals surface area contributed by atoms with Crippen LogP contribution in [0.15, 0.2) is 4.99 Å². The third-order valence-electron chi connectivity index (χ3n) is 4.99. The van der Waals surface area contributed by atoms with Crippen LogP contribution in [0.1, 0.15) is 39.5 Å². The third kappa shape index (κ3) is 5.34. The molecule has 0 aromatic rings. The van der Waals surface area contributed by atoms with E-state index in [1.54, 1.807) is 0 Å². The SMILES string of the molecule is CN=C(NCC(C)(C)SC)N1CCC(CN2CCCCC2)C1. The number of aliphatic imine (C=N–C) groups is 1. The fourth-order valence-electron chi connectivity index (χ4n) is 3.38. The van der Waals surface area contributed by atoms with Crippen LogP contribution in [-0.4, -0.2) is 73.1 Å². The number of thioether (sulfide) groups is 1. The lowest BCUT2D eigenvalue weighted by Gasteiger charge is -2.30. The van der Waals surface area contributed by atoms with Crippen LogP contribution in [-0.2, 0) is 0 Å². The third-order valence-corrected chi connectivity index (χ3v) is 6.24. The molecule has 0 aromatic heterocycles. The Bertz CT molecular complexity index is 364. The minimum Gasteiger partial charge on any atom is -0.355 e. The lowest BCUT2D eigenvalue weighted by molar-refractivity contribution is 0.198. The average Bonchev–Trinajstić information content (AvgIpc) is 2.97. The Morgan fingerprint density at radius 1 is 1.23 bits per heavy atom. The number of rotatable bonds is 5. The Hall–Kier alpha value is -0.420. The first-order chi connectivity index (χ1) is 10.5. The molecule has 2 saturated heterocycles. The Morgan fingerprint density at radius 2 is 1.95 bits per heavy atom. The second-order valence-electron chi connectivity index (χ2n) is 7.33. The Labute approximate surface area is 141 Å². The summed E-state index contributed by atoms with van der Waals surface area (Å²) in [6, 6.07) is 0. The first-order valence-electron chi connectivity index (χ1n) is 8.77. The lowest BCUT2D eigenvalue weighted by atomic mass is 10.1. The maximum atomic E-state index is 4.50. The molecule has 0 amide bonds. The van der Waals surface area contributed by atoms with Crippen LogP contribution in [0.5, 0.6) is 0 Å². The molecule has 1 N–H and O–H groups in total. The number of nitrogens with one attached hydrogen (secondary N) is 1. The van der Waals surface area contributed by atoms with Crippen LogP contribution in [0, 0.1) is 5.92 Å². The van der Waals surface area contributed by atoms with Crippen molar-refractivity contribution >= 4 is 17.7 Å². The molecule has 0 radical (unpaired) electrons. The summed E-state index contributed by atoms with van der Waals surface area (Å²) in [6.07, 6.45) is 7.69. The van der Waals surface area contributed by atoms with Gasteiger partial charge >= 0.3 is 0 Å². The summed E-state index contributed by atoms with van der Waals surface area (Å²) < 4.78 is 0.253. The molecule has 2 aliphatic heterocycles. The first-order valence-corrected chi connectivity index (χ1v) is 9.99. The molecule has 1 unspecified atom stereocenters.